The second kappa shape index (κ2) is 41.7. The summed E-state index contributed by atoms with van der Waals surface area (Å²) in [5.74, 6) is -26.5. The van der Waals surface area contributed by atoms with Gasteiger partial charge in [-0.1, -0.05) is 192 Å². The zero-order valence-electron chi connectivity index (χ0n) is 70.1. The molecule has 0 bridgehead atoms. The molecular formula is C96H116N8O15. The Morgan fingerprint density at radius 1 is 0.471 bits per heavy atom. The predicted octanol–water partition coefficient (Wildman–Crippen LogP) is 13.4. The summed E-state index contributed by atoms with van der Waals surface area (Å²) in [4.78, 5) is 190. The molecule has 0 aliphatic carbocycles. The smallest absolute Gasteiger partial charge is 0.318 e. The first kappa shape index (κ1) is 89.7. The molecule has 0 spiro atoms. The van der Waals surface area contributed by atoms with Gasteiger partial charge in [0.2, 0.25) is 35.4 Å². The molecule has 0 radical (unpaired) electrons. The molecule has 119 heavy (non-hydrogen) atoms. The molecule has 15 atom stereocenters. The van der Waals surface area contributed by atoms with Crippen LogP contribution in [-0.4, -0.2) is 171 Å². The van der Waals surface area contributed by atoms with Gasteiger partial charge in [0.05, 0.1) is 58.7 Å². The third kappa shape index (κ3) is 21.1. The molecule has 3 fully saturated rings. The Balaban J connectivity index is 1.11. The van der Waals surface area contributed by atoms with Crippen LogP contribution in [0.1, 0.15) is 183 Å². The fraction of sp³-hybridized carbons (Fsp3) is 0.438. The van der Waals surface area contributed by atoms with Crippen molar-refractivity contribution in [3.8, 4) is 0 Å². The van der Waals surface area contributed by atoms with Crippen LogP contribution in [-0.2, 0) is 52.7 Å². The summed E-state index contributed by atoms with van der Waals surface area (Å²) >= 11 is 0. The number of rotatable bonds is 43. The van der Waals surface area contributed by atoms with Crippen LogP contribution in [0.5, 0.6) is 0 Å². The summed E-state index contributed by atoms with van der Waals surface area (Å²) < 4.78 is 5.24. The summed E-state index contributed by atoms with van der Waals surface area (Å²) in [7, 11) is 9.20. The number of aliphatic carboxylic acids is 2. The molecule has 23 heteroatoms. The molecule has 15 unspecified atom stereocenters. The number of hydrogen-bond acceptors (Lipinski definition) is 15. The number of carbonyl (C=O) groups is 12. The van der Waals surface area contributed by atoms with E-state index in [2.05, 4.69) is 16.0 Å². The van der Waals surface area contributed by atoms with Gasteiger partial charge >= 0.3 is 23.9 Å². The first-order valence-electron chi connectivity index (χ1n) is 42.0. The van der Waals surface area contributed by atoms with E-state index in [4.69, 9.17) is 4.74 Å². The van der Waals surface area contributed by atoms with E-state index in [-0.39, 0.29) is 89.6 Å². The van der Waals surface area contributed by atoms with E-state index in [0.29, 0.717) is 71.0 Å². The highest BCUT2D eigenvalue weighted by molar-refractivity contribution is 6.09. The van der Waals surface area contributed by atoms with Gasteiger partial charge in [0, 0.05) is 97.0 Å². The quantitative estimate of drug-likeness (QED) is 0.0103. The molecule has 3 heterocycles. The van der Waals surface area contributed by atoms with Crippen molar-refractivity contribution in [2.24, 2.45) is 58.7 Å². The third-order valence-electron chi connectivity index (χ3n) is 24.9. The van der Waals surface area contributed by atoms with Crippen LogP contribution in [0.25, 0.3) is 0 Å². The van der Waals surface area contributed by atoms with Crippen LogP contribution >= 0.6 is 0 Å². The SMILES string of the molecule is CCCCNC(=O)C(C(CC(c1ccccc1)C1C(=O)OC(=O)C1C)C(=O)O)C(CC1(C)C(=O)N(CCCC)C(=O)C1C(CC1C(=O)N(CCCN(C)C(=O)c2ccc(N(C)C)cc2)C(=O)C1C(CC(C(=O)O)C(C(=O)NCCCNC(=O)c1ccc(N(C)C)cc1)C(CC)c1ccccc1)c1ccccc1)c1ccccc1)c1ccccc1. The molecule has 7 aromatic carbocycles. The van der Waals surface area contributed by atoms with E-state index in [9.17, 15) is 39.0 Å². The Kier molecular flexibility index (Phi) is 31.4. The Labute approximate surface area is 699 Å². The van der Waals surface area contributed by atoms with Crippen molar-refractivity contribution in [2.75, 3.05) is 84.3 Å². The van der Waals surface area contributed by atoms with Gasteiger partial charge in [0.1, 0.15) is 0 Å². The lowest BCUT2D eigenvalue weighted by atomic mass is 9.60. The lowest BCUT2D eigenvalue weighted by molar-refractivity contribution is -0.155. The Morgan fingerprint density at radius 3 is 1.35 bits per heavy atom. The number of carbonyl (C=O) groups excluding carboxylic acids is 10. The first-order valence-corrected chi connectivity index (χ1v) is 42.0. The van der Waals surface area contributed by atoms with Gasteiger partial charge in [-0.3, -0.25) is 67.3 Å². The molecule has 7 aromatic rings. The van der Waals surface area contributed by atoms with Crippen LogP contribution in [0.15, 0.2) is 200 Å². The molecule has 3 aliphatic heterocycles. The van der Waals surface area contributed by atoms with Crippen molar-refractivity contribution in [1.29, 1.82) is 0 Å². The number of likely N-dealkylation sites (tertiary alicyclic amines) is 2. The summed E-state index contributed by atoms with van der Waals surface area (Å²) in [6.45, 7) is 9.13. The van der Waals surface area contributed by atoms with Gasteiger partial charge < -0.3 is 45.6 Å². The molecule has 10 rings (SSSR count). The van der Waals surface area contributed by atoms with E-state index in [0.717, 1.165) is 11.4 Å². The zero-order valence-corrected chi connectivity index (χ0v) is 70.1. The Morgan fingerprint density at radius 2 is 0.899 bits per heavy atom. The molecule has 0 saturated carbocycles. The van der Waals surface area contributed by atoms with E-state index < -0.39 is 148 Å². The number of nitrogens with zero attached hydrogens (tertiary/aromatic N) is 5. The molecule has 630 valence electrons. The first-order chi connectivity index (χ1) is 57.1. The van der Waals surface area contributed by atoms with Crippen LogP contribution in [0.4, 0.5) is 11.4 Å². The second-order valence-corrected chi connectivity index (χ2v) is 32.9. The maximum absolute atomic E-state index is 16.6. The minimum Gasteiger partial charge on any atom is -0.481 e. The molecule has 3 aliphatic rings. The fourth-order valence-corrected chi connectivity index (χ4v) is 18.5. The molecule has 0 aromatic heterocycles. The van der Waals surface area contributed by atoms with Gasteiger partial charge in [-0.25, -0.2) is 0 Å². The largest absolute Gasteiger partial charge is 0.481 e. The number of carboxylic acid groups (broad SMARTS) is 2. The van der Waals surface area contributed by atoms with Crippen LogP contribution in [0.2, 0.25) is 0 Å². The van der Waals surface area contributed by atoms with Crippen molar-refractivity contribution in [2.45, 2.75) is 135 Å². The average Bonchev–Trinajstić information content (AvgIpc) is 1.58. The topological polar surface area (TPSA) is 307 Å². The van der Waals surface area contributed by atoms with Crippen LogP contribution < -0.4 is 25.8 Å². The number of benzene rings is 7. The lowest BCUT2D eigenvalue weighted by Crippen LogP contribution is -2.46. The average molecular weight is 1620 g/mol. The number of unbranched alkanes of at least 4 members (excludes halogenated alkanes) is 2. The van der Waals surface area contributed by atoms with Gasteiger partial charge in [-0.05, 0) is 171 Å². The predicted molar refractivity (Wildman–Crippen MR) is 456 cm³/mol. The maximum atomic E-state index is 16.6. The number of nitrogens with one attached hydrogen (secondary N) is 3. The highest BCUT2D eigenvalue weighted by Crippen LogP contribution is 2.57. The number of carboxylic acids is 2. The third-order valence-corrected chi connectivity index (χ3v) is 24.9. The normalized spacial score (nSPS) is 20.1. The van der Waals surface area contributed by atoms with Crippen molar-refractivity contribution in [3.05, 3.63) is 239 Å². The fourth-order valence-electron chi connectivity index (χ4n) is 18.5. The van der Waals surface area contributed by atoms with Crippen molar-refractivity contribution < 1.29 is 72.5 Å². The highest BCUT2D eigenvalue weighted by Gasteiger charge is 2.63. The van der Waals surface area contributed by atoms with E-state index in [1.165, 1.54) is 14.7 Å². The minimum absolute atomic E-state index is 0.0364. The monoisotopic (exact) mass is 1620 g/mol. The molecule has 23 nitrogen and oxygen atoms in total. The number of cyclic esters (lactones) is 2. The Hall–Kier alpha value is -11.6. The van der Waals surface area contributed by atoms with E-state index >= 15 is 28.8 Å². The van der Waals surface area contributed by atoms with Crippen LogP contribution in [0, 0.1) is 58.7 Å². The van der Waals surface area contributed by atoms with Crippen molar-refractivity contribution >= 4 is 82.5 Å². The number of imide groups is 2. The zero-order chi connectivity index (χ0) is 85.8. The molecular weight excluding hydrogens is 1510 g/mol. The van der Waals surface area contributed by atoms with E-state index in [1.54, 1.807) is 166 Å². The van der Waals surface area contributed by atoms with E-state index in [1.807, 2.05) is 113 Å². The number of anilines is 2. The standard InChI is InChI=1S/C96H116N8O15/c1-11-14-51-98-86(107)81(77(92(114)115)57-72(63-35-23-17-24-36-63)79-61(4)93(116)119-94(79)117)78(66-41-29-20-30-42-66)60-96(5)83(90(111)104(95(96)118)55-15-12-2)74(65-39-27-19-28-40-65)59-75-82(89(110)103(88(75)109)56-32-54-102(10)87(108)68-45-49-70(50-46-68)101(8)9)73(64-37-25-18-26-38-64)58-76(91(112)113)80(71(13-3)62-33-21-16-22-34-62)85(106)99-53-31-52-97-84(105)67-43-47-69(48-44-67)100(6)7/h16-30,33-50,61,71-83H,11-15,31-32,51-60H2,1-10H3,(H,97,105)(H,98,107)(H,99,106)(H,112,113)(H,114,115). The number of hydrogen-bond donors (Lipinski definition) is 5. The summed E-state index contributed by atoms with van der Waals surface area (Å²) in [6, 6.07) is 58.5. The van der Waals surface area contributed by atoms with Crippen molar-refractivity contribution in [1.82, 2.24) is 30.7 Å². The molecule has 5 N–H and O–H groups in total. The van der Waals surface area contributed by atoms with Gasteiger partial charge in [-0.2, -0.15) is 0 Å². The second-order valence-electron chi connectivity index (χ2n) is 32.9. The highest BCUT2D eigenvalue weighted by atomic mass is 16.6. The lowest BCUT2D eigenvalue weighted by Gasteiger charge is -2.41. The van der Waals surface area contributed by atoms with Gasteiger partial charge in [0.25, 0.3) is 11.8 Å². The number of amides is 8. The maximum Gasteiger partial charge on any atom is 0.318 e. The summed E-state index contributed by atoms with van der Waals surface area (Å²) in [5.41, 5.74) is 3.38. The molecule has 8 amide bonds. The number of ether oxygens (including phenoxy) is 1. The summed E-state index contributed by atoms with van der Waals surface area (Å²) in [6.07, 6.45) is 1.34. The molecule has 3 saturated heterocycles. The Bertz CT molecular complexity index is 4650. The minimum atomic E-state index is -1.89. The van der Waals surface area contributed by atoms with Crippen LogP contribution in [0.3, 0.4) is 0 Å². The van der Waals surface area contributed by atoms with Gasteiger partial charge in [-0.15, -0.1) is 0 Å². The van der Waals surface area contributed by atoms with Crippen molar-refractivity contribution in [3.63, 3.8) is 0 Å². The summed E-state index contributed by atoms with van der Waals surface area (Å²) in [5, 5.41) is 33.1. The number of esters is 2. The van der Waals surface area contributed by atoms with Gasteiger partial charge in [0.15, 0.2) is 0 Å².